The fourth-order valence-corrected chi connectivity index (χ4v) is 4.40. The Kier molecular flexibility index (Phi) is 4.73. The number of thiophene rings is 1. The summed E-state index contributed by atoms with van der Waals surface area (Å²) in [4.78, 5) is 28.0. The molecule has 1 N–H and O–H groups in total. The van der Waals surface area contributed by atoms with E-state index in [1.807, 2.05) is 36.3 Å². The molecule has 23 heavy (non-hydrogen) atoms. The van der Waals surface area contributed by atoms with Crippen molar-refractivity contribution < 1.29 is 14.3 Å². The van der Waals surface area contributed by atoms with Crippen molar-refractivity contribution in [2.75, 3.05) is 26.3 Å². The first kappa shape index (κ1) is 16.5. The highest BCUT2D eigenvalue weighted by Crippen LogP contribution is 2.45. The Morgan fingerprint density at radius 2 is 2.13 bits per heavy atom. The Morgan fingerprint density at radius 1 is 1.39 bits per heavy atom. The number of hydrogen-bond donors (Lipinski definition) is 1. The quantitative estimate of drug-likeness (QED) is 0.920. The van der Waals surface area contributed by atoms with Crippen molar-refractivity contribution in [2.24, 2.45) is 11.3 Å². The Morgan fingerprint density at radius 3 is 2.74 bits per heavy atom. The maximum Gasteiger partial charge on any atom is 0.263 e. The van der Waals surface area contributed by atoms with Crippen LogP contribution in [0.5, 0.6) is 0 Å². The van der Waals surface area contributed by atoms with Crippen LogP contribution >= 0.6 is 11.3 Å². The summed E-state index contributed by atoms with van der Waals surface area (Å²) in [5.74, 6) is -0.0215. The van der Waals surface area contributed by atoms with Crippen LogP contribution in [-0.2, 0) is 9.53 Å². The summed E-state index contributed by atoms with van der Waals surface area (Å²) < 4.78 is 5.50. The maximum atomic E-state index is 12.7. The summed E-state index contributed by atoms with van der Waals surface area (Å²) >= 11 is 1.46. The lowest BCUT2D eigenvalue weighted by Gasteiger charge is -2.37. The number of hydrogen-bond acceptors (Lipinski definition) is 4. The molecule has 0 saturated carbocycles. The molecule has 1 aromatic rings. The maximum absolute atomic E-state index is 12.7. The topological polar surface area (TPSA) is 58.6 Å². The highest BCUT2D eigenvalue weighted by molar-refractivity contribution is 7.12. The average molecular weight is 336 g/mol. The first-order chi connectivity index (χ1) is 11.0. The Bertz CT molecular complexity index is 564. The largest absolute Gasteiger partial charge is 0.381 e. The molecule has 0 radical (unpaired) electrons. The van der Waals surface area contributed by atoms with Crippen molar-refractivity contribution in [1.82, 2.24) is 10.2 Å². The summed E-state index contributed by atoms with van der Waals surface area (Å²) in [7, 11) is 0. The highest BCUT2D eigenvalue weighted by Gasteiger charge is 2.51. The number of nitrogens with one attached hydrogen (secondary N) is 1. The lowest BCUT2D eigenvalue weighted by Crippen LogP contribution is -2.46. The first-order valence-electron chi connectivity index (χ1n) is 8.23. The zero-order valence-corrected chi connectivity index (χ0v) is 14.5. The van der Waals surface area contributed by atoms with Gasteiger partial charge in [-0.15, -0.1) is 11.3 Å². The van der Waals surface area contributed by atoms with Crippen molar-refractivity contribution in [3.05, 3.63) is 22.4 Å². The molecule has 3 heterocycles. The van der Waals surface area contributed by atoms with Crippen LogP contribution in [0, 0.1) is 11.3 Å². The lowest BCUT2D eigenvalue weighted by atomic mass is 9.71. The van der Waals surface area contributed by atoms with Crippen LogP contribution in [0.25, 0.3) is 0 Å². The van der Waals surface area contributed by atoms with Gasteiger partial charge >= 0.3 is 0 Å². The van der Waals surface area contributed by atoms with Crippen LogP contribution in [0.2, 0.25) is 0 Å². The Balaban J connectivity index is 1.81. The number of amides is 2. The summed E-state index contributed by atoms with van der Waals surface area (Å²) in [6, 6.07) is 3.85. The summed E-state index contributed by atoms with van der Waals surface area (Å²) in [6.45, 7) is 6.45. The molecular weight excluding hydrogens is 312 g/mol. The number of rotatable bonds is 3. The van der Waals surface area contributed by atoms with Gasteiger partial charge in [-0.25, -0.2) is 0 Å². The third kappa shape index (κ3) is 3.28. The van der Waals surface area contributed by atoms with Crippen LogP contribution in [0.15, 0.2) is 17.5 Å². The molecule has 1 spiro atoms. The van der Waals surface area contributed by atoms with Gasteiger partial charge in [0.05, 0.1) is 10.8 Å². The van der Waals surface area contributed by atoms with Gasteiger partial charge in [0.25, 0.3) is 5.91 Å². The fourth-order valence-electron chi connectivity index (χ4n) is 3.71. The predicted octanol–water partition coefficient (Wildman–Crippen LogP) is 2.14. The Hall–Kier alpha value is -1.40. The van der Waals surface area contributed by atoms with Gasteiger partial charge in [0.15, 0.2) is 0 Å². The van der Waals surface area contributed by atoms with Crippen LogP contribution in [0.4, 0.5) is 0 Å². The van der Waals surface area contributed by atoms with E-state index in [9.17, 15) is 9.59 Å². The zero-order chi connectivity index (χ0) is 16.4. The molecule has 0 bridgehead atoms. The third-order valence-corrected chi connectivity index (χ3v) is 5.76. The normalized spacial score (nSPS) is 23.4. The van der Waals surface area contributed by atoms with E-state index in [4.69, 9.17) is 4.74 Å². The van der Waals surface area contributed by atoms with E-state index in [1.54, 1.807) is 0 Å². The molecule has 2 aliphatic heterocycles. The Labute approximate surface area is 141 Å². The molecule has 0 unspecified atom stereocenters. The SMILES string of the molecule is CC(C)NC(=O)[C@H]1CN(C(=O)c2cccs2)CC12CCOCC2. The summed E-state index contributed by atoms with van der Waals surface area (Å²) in [5.41, 5.74) is -0.135. The first-order valence-corrected chi connectivity index (χ1v) is 9.11. The van der Waals surface area contributed by atoms with E-state index < -0.39 is 0 Å². The van der Waals surface area contributed by atoms with E-state index in [0.29, 0.717) is 26.3 Å². The van der Waals surface area contributed by atoms with Crippen molar-refractivity contribution in [3.63, 3.8) is 0 Å². The number of carbonyl (C=O) groups excluding carboxylic acids is 2. The van der Waals surface area contributed by atoms with Crippen molar-refractivity contribution in [3.8, 4) is 0 Å². The molecule has 3 rings (SSSR count). The smallest absolute Gasteiger partial charge is 0.263 e. The minimum atomic E-state index is -0.141. The second kappa shape index (κ2) is 6.61. The zero-order valence-electron chi connectivity index (χ0n) is 13.7. The average Bonchev–Trinajstić information content (AvgIpc) is 3.15. The van der Waals surface area contributed by atoms with Crippen LogP contribution in [0.1, 0.15) is 36.4 Å². The van der Waals surface area contributed by atoms with E-state index in [2.05, 4.69) is 5.32 Å². The van der Waals surface area contributed by atoms with Gasteiger partial charge in [-0.1, -0.05) is 6.07 Å². The van der Waals surface area contributed by atoms with E-state index in [1.165, 1.54) is 11.3 Å². The van der Waals surface area contributed by atoms with E-state index in [0.717, 1.165) is 17.7 Å². The third-order valence-electron chi connectivity index (χ3n) is 4.90. The minimum Gasteiger partial charge on any atom is -0.381 e. The molecule has 0 aromatic carbocycles. The van der Waals surface area contributed by atoms with Gasteiger partial charge in [0, 0.05) is 37.8 Å². The second-order valence-corrected chi connectivity index (χ2v) is 7.80. The van der Waals surface area contributed by atoms with E-state index >= 15 is 0 Å². The van der Waals surface area contributed by atoms with Gasteiger partial charge in [-0.05, 0) is 38.1 Å². The lowest BCUT2D eigenvalue weighted by molar-refractivity contribution is -0.130. The predicted molar refractivity (Wildman–Crippen MR) is 89.5 cm³/mol. The van der Waals surface area contributed by atoms with Gasteiger partial charge in [0.2, 0.25) is 5.91 Å². The highest BCUT2D eigenvalue weighted by atomic mass is 32.1. The molecule has 2 saturated heterocycles. The van der Waals surface area contributed by atoms with Gasteiger partial charge < -0.3 is 15.0 Å². The van der Waals surface area contributed by atoms with Crippen molar-refractivity contribution in [2.45, 2.75) is 32.7 Å². The number of carbonyl (C=O) groups is 2. The molecule has 2 amide bonds. The summed E-state index contributed by atoms with van der Waals surface area (Å²) in [6.07, 6.45) is 1.69. The summed E-state index contributed by atoms with van der Waals surface area (Å²) in [5, 5.41) is 4.95. The number of likely N-dealkylation sites (tertiary alicyclic amines) is 1. The second-order valence-electron chi connectivity index (χ2n) is 6.85. The fraction of sp³-hybridized carbons (Fsp3) is 0.647. The van der Waals surface area contributed by atoms with Crippen LogP contribution in [0.3, 0.4) is 0 Å². The number of ether oxygens (including phenoxy) is 1. The van der Waals surface area contributed by atoms with Gasteiger partial charge in [0.1, 0.15) is 0 Å². The van der Waals surface area contributed by atoms with Crippen molar-refractivity contribution >= 4 is 23.2 Å². The monoisotopic (exact) mass is 336 g/mol. The molecule has 6 heteroatoms. The van der Waals surface area contributed by atoms with Gasteiger partial charge in [-0.3, -0.25) is 9.59 Å². The molecule has 2 fully saturated rings. The molecular formula is C17H24N2O3S. The van der Waals surface area contributed by atoms with Crippen LogP contribution < -0.4 is 5.32 Å². The molecule has 0 aliphatic carbocycles. The van der Waals surface area contributed by atoms with Gasteiger partial charge in [-0.2, -0.15) is 0 Å². The minimum absolute atomic E-state index is 0.0470. The molecule has 1 aromatic heterocycles. The van der Waals surface area contributed by atoms with E-state index in [-0.39, 0.29) is 29.2 Å². The molecule has 5 nitrogen and oxygen atoms in total. The van der Waals surface area contributed by atoms with Crippen molar-refractivity contribution in [1.29, 1.82) is 0 Å². The van der Waals surface area contributed by atoms with Crippen LogP contribution in [-0.4, -0.2) is 49.1 Å². The molecule has 126 valence electrons. The standard InChI is InChI=1S/C17H24N2O3S/c1-12(2)18-15(20)13-10-19(16(21)14-4-3-9-23-14)11-17(13)5-7-22-8-6-17/h3-4,9,12-13H,5-8,10-11H2,1-2H3,(H,18,20)/t13-/m1/s1. The molecule has 1 atom stereocenters. The number of nitrogens with zero attached hydrogens (tertiary/aromatic N) is 1. The molecule has 2 aliphatic rings.